The molecule has 0 aromatic carbocycles. The largest absolute Gasteiger partial charge is 1.00 e. The Bertz CT molecular complexity index is 97.0. The van der Waals surface area contributed by atoms with Gasteiger partial charge in [-0.1, -0.05) is 0 Å². The van der Waals surface area contributed by atoms with Crippen LogP contribution in [0.25, 0.3) is 0 Å². The minimum absolute atomic E-state index is 0. The molecule has 0 spiro atoms. The van der Waals surface area contributed by atoms with Crippen molar-refractivity contribution in [3.8, 4) is 0 Å². The van der Waals surface area contributed by atoms with Crippen molar-refractivity contribution in [2.45, 2.75) is 0 Å². The second-order valence-corrected chi connectivity index (χ2v) is 0.527. The summed E-state index contributed by atoms with van der Waals surface area (Å²) < 4.78 is 0. The van der Waals surface area contributed by atoms with Gasteiger partial charge in [0.1, 0.15) is 0 Å². The molecule has 0 saturated carbocycles. The zero-order valence-electron chi connectivity index (χ0n) is 9.16. The average molecular weight is 238 g/mol. The van der Waals surface area contributed by atoms with Crippen LogP contribution < -0.4 is 18.9 Å². The smallest absolute Gasteiger partial charge is 1.00 e. The number of hydrogen-bond acceptors (Lipinski definition) is 5. The third-order valence-electron chi connectivity index (χ3n) is 0. The number of carboxylic acid groups (broad SMARTS) is 5. The Hall–Kier alpha value is -2.05. The molecule has 0 aliphatic carbocycles. The van der Waals surface area contributed by atoms with Crippen LogP contribution in [-0.2, 0) is 24.0 Å². The first-order valence-electron chi connectivity index (χ1n) is 2.47. The molecular formula is C5H11LiO10. The molecule has 0 aromatic heterocycles. The minimum Gasteiger partial charge on any atom is -1.00 e. The van der Waals surface area contributed by atoms with Crippen molar-refractivity contribution in [3.05, 3.63) is 0 Å². The zero-order valence-corrected chi connectivity index (χ0v) is 8.16. The molecule has 16 heavy (non-hydrogen) atoms. The van der Waals surface area contributed by atoms with Gasteiger partial charge in [0.05, 0.1) is 0 Å². The van der Waals surface area contributed by atoms with Gasteiger partial charge in [-0.15, -0.1) is 0 Å². The topological polar surface area (TPSA) is 186 Å². The Labute approximate surface area is 103 Å². The van der Waals surface area contributed by atoms with Crippen molar-refractivity contribution in [1.82, 2.24) is 0 Å². The van der Waals surface area contributed by atoms with Crippen LogP contribution >= 0.6 is 0 Å². The Morgan fingerprint density at radius 1 is 0.500 bits per heavy atom. The predicted octanol–water partition coefficient (Wildman–Crippen LogP) is -4.38. The fourth-order valence-corrected chi connectivity index (χ4v) is 0. The standard InChI is InChI=1S/5CH2O2.Li.H/c5*2-1-3;;/h5*1H,(H,2,3);;/q;;;;;+1;-1. The zero-order chi connectivity index (χ0) is 13.5. The van der Waals surface area contributed by atoms with E-state index in [4.69, 9.17) is 49.5 Å². The third kappa shape index (κ3) is 340. The Morgan fingerprint density at radius 3 is 0.500 bits per heavy atom. The molecule has 0 fully saturated rings. The van der Waals surface area contributed by atoms with E-state index in [1.807, 2.05) is 0 Å². The SMILES string of the molecule is O=CO.O=CO.O=CO.O=CO.O=CO.[H-].[Li+]. The van der Waals surface area contributed by atoms with Crippen LogP contribution in [0.15, 0.2) is 0 Å². The molecule has 0 rings (SSSR count). The summed E-state index contributed by atoms with van der Waals surface area (Å²) in [4.78, 5) is 41.8. The van der Waals surface area contributed by atoms with Gasteiger partial charge in [-0.2, -0.15) is 0 Å². The van der Waals surface area contributed by atoms with Gasteiger partial charge >= 0.3 is 18.9 Å². The molecule has 5 N–H and O–H groups in total. The molecule has 92 valence electrons. The molecule has 0 atom stereocenters. The number of hydrogen-bond donors (Lipinski definition) is 5. The van der Waals surface area contributed by atoms with Gasteiger partial charge in [0.2, 0.25) is 0 Å². The molecule has 0 heterocycles. The van der Waals surface area contributed by atoms with Crippen LogP contribution in [0.2, 0.25) is 0 Å². The van der Waals surface area contributed by atoms with Gasteiger partial charge in [-0.05, 0) is 0 Å². The van der Waals surface area contributed by atoms with Gasteiger partial charge in [0.15, 0.2) is 0 Å². The maximum absolute atomic E-state index is 8.36. The average Bonchev–Trinajstić information content (AvgIpc) is 2.09. The summed E-state index contributed by atoms with van der Waals surface area (Å²) in [6.07, 6.45) is 0. The monoisotopic (exact) mass is 238 g/mol. The number of carbonyl (C=O) groups is 5. The second kappa shape index (κ2) is 213. The van der Waals surface area contributed by atoms with Gasteiger partial charge in [-0.3, -0.25) is 24.0 Å². The third-order valence-corrected chi connectivity index (χ3v) is 0. The summed E-state index contributed by atoms with van der Waals surface area (Å²) in [7, 11) is 0. The second-order valence-electron chi connectivity index (χ2n) is 0.527. The van der Waals surface area contributed by atoms with Crippen LogP contribution in [0.1, 0.15) is 1.43 Å². The summed E-state index contributed by atoms with van der Waals surface area (Å²) >= 11 is 0. The van der Waals surface area contributed by atoms with Crippen LogP contribution in [0.5, 0.6) is 0 Å². The molecule has 0 bridgehead atoms. The Morgan fingerprint density at radius 2 is 0.500 bits per heavy atom. The normalized spacial score (nSPS) is 3.75. The molecule has 0 aromatic rings. The summed E-state index contributed by atoms with van der Waals surface area (Å²) in [5.41, 5.74) is 0. The molecule has 10 nitrogen and oxygen atoms in total. The van der Waals surface area contributed by atoms with E-state index in [-0.39, 0.29) is 52.6 Å². The van der Waals surface area contributed by atoms with Gasteiger partial charge in [0, 0.05) is 0 Å². The molecule has 11 heteroatoms. The molecule has 0 aliphatic heterocycles. The van der Waals surface area contributed by atoms with Crippen LogP contribution in [0.4, 0.5) is 0 Å². The molecular weight excluding hydrogens is 227 g/mol. The van der Waals surface area contributed by atoms with Crippen LogP contribution in [0.3, 0.4) is 0 Å². The number of rotatable bonds is 0. The summed E-state index contributed by atoms with van der Waals surface area (Å²) in [6.45, 7) is -1.25. The van der Waals surface area contributed by atoms with E-state index >= 15 is 0 Å². The quantitative estimate of drug-likeness (QED) is 0.203. The molecule has 0 radical (unpaired) electrons. The molecule has 0 aliphatic rings. The fraction of sp³-hybridized carbons (Fsp3) is 0. The maximum atomic E-state index is 8.36. The van der Waals surface area contributed by atoms with E-state index in [2.05, 4.69) is 0 Å². The molecule has 0 unspecified atom stereocenters. The summed E-state index contributed by atoms with van der Waals surface area (Å²) in [5.74, 6) is 0. The molecule has 0 saturated heterocycles. The summed E-state index contributed by atoms with van der Waals surface area (Å²) in [6, 6.07) is 0. The molecule has 0 amide bonds. The first kappa shape index (κ1) is 37.0. The predicted molar refractivity (Wildman–Crippen MR) is 44.6 cm³/mol. The van der Waals surface area contributed by atoms with Crippen LogP contribution in [-0.4, -0.2) is 57.9 Å². The van der Waals surface area contributed by atoms with E-state index in [1.165, 1.54) is 0 Å². The van der Waals surface area contributed by atoms with E-state index < -0.39 is 0 Å². The first-order valence-corrected chi connectivity index (χ1v) is 2.47. The van der Waals surface area contributed by atoms with Crippen molar-refractivity contribution >= 4 is 32.4 Å². The maximum Gasteiger partial charge on any atom is 1.00 e. The van der Waals surface area contributed by atoms with Crippen LogP contribution in [0, 0.1) is 0 Å². The van der Waals surface area contributed by atoms with Gasteiger partial charge < -0.3 is 27.0 Å². The fourth-order valence-electron chi connectivity index (χ4n) is 0. The first-order chi connectivity index (χ1) is 7.07. The van der Waals surface area contributed by atoms with E-state index in [9.17, 15) is 0 Å². The minimum atomic E-state index is -0.250. The van der Waals surface area contributed by atoms with E-state index in [0.29, 0.717) is 0 Å². The van der Waals surface area contributed by atoms with Crippen molar-refractivity contribution in [3.63, 3.8) is 0 Å². The van der Waals surface area contributed by atoms with Crippen molar-refractivity contribution in [2.75, 3.05) is 0 Å². The van der Waals surface area contributed by atoms with Gasteiger partial charge in [0.25, 0.3) is 32.4 Å². The van der Waals surface area contributed by atoms with Crippen molar-refractivity contribution in [1.29, 1.82) is 0 Å². The Balaban J connectivity index is -0.0000000143. The van der Waals surface area contributed by atoms with Crippen molar-refractivity contribution < 1.29 is 69.8 Å². The van der Waals surface area contributed by atoms with E-state index in [0.717, 1.165) is 0 Å². The van der Waals surface area contributed by atoms with E-state index in [1.54, 1.807) is 0 Å². The summed E-state index contributed by atoms with van der Waals surface area (Å²) in [5, 5.41) is 34.4. The van der Waals surface area contributed by atoms with Gasteiger partial charge in [-0.25, -0.2) is 0 Å². The van der Waals surface area contributed by atoms with Crippen molar-refractivity contribution in [2.24, 2.45) is 0 Å². The Kier molecular flexibility index (Phi) is 492.